The maximum Gasteiger partial charge on any atom is 0.244 e. The molecule has 3 aromatic carbocycles. The number of nitrogens with two attached hydrogens (primary N) is 1. The summed E-state index contributed by atoms with van der Waals surface area (Å²) in [5.41, 5.74) is 7.66. The van der Waals surface area contributed by atoms with E-state index in [0.29, 0.717) is 12.8 Å². The zero-order chi connectivity index (χ0) is 25.7. The molecule has 36 heavy (non-hydrogen) atoms. The molecular weight excluding hydrogens is 454 g/mol. The van der Waals surface area contributed by atoms with Crippen LogP contribution in [0, 0.1) is 0 Å². The minimum atomic E-state index is -1.16. The Morgan fingerprint density at radius 1 is 0.917 bits per heavy atom. The number of carbonyl (C=O) groups excluding carboxylic acids is 3. The summed E-state index contributed by atoms with van der Waals surface area (Å²) in [5, 5.41) is 11.4. The summed E-state index contributed by atoms with van der Waals surface area (Å²) in [6.07, 6.45) is 2.37. The van der Waals surface area contributed by atoms with Crippen LogP contribution in [0.4, 0.5) is 0 Å². The van der Waals surface area contributed by atoms with Crippen molar-refractivity contribution >= 4 is 39.9 Å². The second kappa shape index (κ2) is 10.6. The van der Waals surface area contributed by atoms with Crippen LogP contribution >= 0.6 is 0 Å². The number of hydrogen-bond donors (Lipinski definition) is 5. The number of rotatable bonds is 10. The van der Waals surface area contributed by atoms with Crippen LogP contribution in [0.25, 0.3) is 21.7 Å². The van der Waals surface area contributed by atoms with Crippen molar-refractivity contribution in [3.63, 3.8) is 0 Å². The number of para-hydroxylation sites is 1. The highest BCUT2D eigenvalue weighted by Gasteiger charge is 2.29. The van der Waals surface area contributed by atoms with Crippen LogP contribution in [-0.4, -0.2) is 41.0 Å². The Hall–Kier alpha value is -4.17. The number of amides is 3. The number of benzene rings is 3. The number of fused-ring (bicyclic) bond motifs is 2. The fourth-order valence-electron chi connectivity index (χ4n) is 4.27. The van der Waals surface area contributed by atoms with E-state index in [-0.39, 0.29) is 6.42 Å². The molecule has 0 aliphatic rings. The molecule has 0 aliphatic heterocycles. The summed E-state index contributed by atoms with van der Waals surface area (Å²) in [6, 6.07) is 20.7. The Kier molecular flexibility index (Phi) is 7.36. The Bertz CT molecular complexity index is 1380. The van der Waals surface area contributed by atoms with Crippen LogP contribution in [0.2, 0.25) is 0 Å². The molecule has 8 heteroatoms. The quantitative estimate of drug-likeness (QED) is 0.175. The lowest BCUT2D eigenvalue weighted by Gasteiger charge is -2.26. The minimum absolute atomic E-state index is 0.260. The number of carbonyl (C=O) groups is 3. The molecule has 0 saturated heterocycles. The van der Waals surface area contributed by atoms with Crippen molar-refractivity contribution in [2.24, 2.45) is 5.73 Å². The second-order valence-electron chi connectivity index (χ2n) is 9.50. The van der Waals surface area contributed by atoms with Gasteiger partial charge in [-0.25, -0.2) is 0 Å². The van der Waals surface area contributed by atoms with Gasteiger partial charge in [-0.05, 0) is 41.8 Å². The highest BCUT2D eigenvalue weighted by atomic mass is 16.2. The van der Waals surface area contributed by atoms with Crippen molar-refractivity contribution < 1.29 is 14.4 Å². The van der Waals surface area contributed by atoms with Crippen molar-refractivity contribution in [1.29, 1.82) is 0 Å². The van der Waals surface area contributed by atoms with E-state index in [2.05, 4.69) is 20.9 Å². The molecule has 0 spiro atoms. The molecule has 2 atom stereocenters. The van der Waals surface area contributed by atoms with Crippen molar-refractivity contribution in [2.75, 3.05) is 0 Å². The van der Waals surface area contributed by atoms with E-state index in [1.807, 2.05) is 72.9 Å². The first-order valence-electron chi connectivity index (χ1n) is 11.9. The average Bonchev–Trinajstić information content (AvgIpc) is 3.26. The molecule has 0 aliphatic carbocycles. The standard InChI is InChI=1S/C28H31N5O3/c1-28(2,29)27(36)32-24(14-19-10-7-9-18-8-3-4-11-21(18)19)26(35)33-25(31-17-34)15-20-16-30-23-13-6-5-12-22(20)23/h3-13,16-17,24-25,30H,14-15,29H2,1-2H3,(H,31,34)(H,32,36)(H,33,35)/t24-,25-/m1/s1. The zero-order valence-electron chi connectivity index (χ0n) is 20.4. The Balaban J connectivity index is 1.58. The van der Waals surface area contributed by atoms with Gasteiger partial charge in [0, 0.05) is 29.9 Å². The van der Waals surface area contributed by atoms with Crippen molar-refractivity contribution in [3.05, 3.63) is 84.1 Å². The molecule has 6 N–H and O–H groups in total. The molecular formula is C28H31N5O3. The number of hydrogen-bond acceptors (Lipinski definition) is 4. The van der Waals surface area contributed by atoms with Gasteiger partial charge < -0.3 is 26.7 Å². The highest BCUT2D eigenvalue weighted by molar-refractivity contribution is 5.93. The Morgan fingerprint density at radius 3 is 2.36 bits per heavy atom. The van der Waals surface area contributed by atoms with Gasteiger partial charge in [-0.1, -0.05) is 60.7 Å². The summed E-state index contributed by atoms with van der Waals surface area (Å²) < 4.78 is 0. The van der Waals surface area contributed by atoms with Gasteiger partial charge in [0.05, 0.1) is 5.54 Å². The monoisotopic (exact) mass is 485 g/mol. The van der Waals surface area contributed by atoms with Gasteiger partial charge in [-0.15, -0.1) is 0 Å². The lowest BCUT2D eigenvalue weighted by Crippen LogP contribution is -2.59. The molecule has 4 aromatic rings. The van der Waals surface area contributed by atoms with Crippen molar-refractivity contribution in [1.82, 2.24) is 20.9 Å². The molecule has 0 saturated carbocycles. The minimum Gasteiger partial charge on any atom is -0.361 e. The summed E-state index contributed by atoms with van der Waals surface area (Å²) >= 11 is 0. The van der Waals surface area contributed by atoms with Crippen LogP contribution in [0.15, 0.2) is 72.9 Å². The molecule has 1 heterocycles. The third-order valence-electron chi connectivity index (χ3n) is 6.20. The van der Waals surface area contributed by atoms with Crippen LogP contribution in [0.5, 0.6) is 0 Å². The first kappa shape index (κ1) is 24.9. The lowest BCUT2D eigenvalue weighted by molar-refractivity contribution is -0.131. The number of H-pyrrole nitrogens is 1. The van der Waals surface area contributed by atoms with Crippen LogP contribution < -0.4 is 21.7 Å². The molecule has 186 valence electrons. The normalized spacial score (nSPS) is 13.2. The average molecular weight is 486 g/mol. The first-order chi connectivity index (χ1) is 17.3. The number of nitrogens with one attached hydrogen (secondary N) is 4. The van der Waals surface area contributed by atoms with Gasteiger partial charge in [-0.2, -0.15) is 0 Å². The van der Waals surface area contributed by atoms with E-state index in [0.717, 1.165) is 32.8 Å². The van der Waals surface area contributed by atoms with E-state index in [1.54, 1.807) is 13.8 Å². The van der Waals surface area contributed by atoms with E-state index in [1.165, 1.54) is 0 Å². The summed E-state index contributed by atoms with van der Waals surface area (Å²) in [4.78, 5) is 40.8. The summed E-state index contributed by atoms with van der Waals surface area (Å²) in [6.45, 7) is 3.17. The number of aromatic nitrogens is 1. The van der Waals surface area contributed by atoms with Crippen LogP contribution in [-0.2, 0) is 27.2 Å². The Labute approximate surface area is 209 Å². The third kappa shape index (κ3) is 5.72. The van der Waals surface area contributed by atoms with Gasteiger partial charge in [-0.3, -0.25) is 14.4 Å². The molecule has 4 rings (SSSR count). The topological polar surface area (TPSA) is 129 Å². The number of aromatic amines is 1. The van der Waals surface area contributed by atoms with Crippen molar-refractivity contribution in [2.45, 2.75) is 44.4 Å². The molecule has 0 radical (unpaired) electrons. The molecule has 8 nitrogen and oxygen atoms in total. The largest absolute Gasteiger partial charge is 0.361 e. The lowest BCUT2D eigenvalue weighted by atomic mass is 9.97. The van der Waals surface area contributed by atoms with Crippen molar-refractivity contribution in [3.8, 4) is 0 Å². The van der Waals surface area contributed by atoms with E-state index < -0.39 is 29.6 Å². The van der Waals surface area contributed by atoms with Gasteiger partial charge >= 0.3 is 0 Å². The smallest absolute Gasteiger partial charge is 0.244 e. The molecule has 0 bridgehead atoms. The predicted octanol–water partition coefficient (Wildman–Crippen LogP) is 2.52. The van der Waals surface area contributed by atoms with E-state index in [9.17, 15) is 14.4 Å². The highest BCUT2D eigenvalue weighted by Crippen LogP contribution is 2.21. The third-order valence-corrected chi connectivity index (χ3v) is 6.20. The molecule has 0 fully saturated rings. The summed E-state index contributed by atoms with van der Waals surface area (Å²) in [7, 11) is 0. The molecule has 3 amide bonds. The maximum atomic E-state index is 13.5. The van der Waals surface area contributed by atoms with Crippen LogP contribution in [0.1, 0.15) is 25.0 Å². The predicted molar refractivity (Wildman–Crippen MR) is 141 cm³/mol. The van der Waals surface area contributed by atoms with Gasteiger partial charge in [0.15, 0.2) is 0 Å². The van der Waals surface area contributed by atoms with E-state index in [4.69, 9.17) is 5.73 Å². The molecule has 0 unspecified atom stereocenters. The van der Waals surface area contributed by atoms with Gasteiger partial charge in [0.2, 0.25) is 18.2 Å². The fourth-order valence-corrected chi connectivity index (χ4v) is 4.27. The second-order valence-corrected chi connectivity index (χ2v) is 9.50. The molecule has 1 aromatic heterocycles. The van der Waals surface area contributed by atoms with Crippen LogP contribution in [0.3, 0.4) is 0 Å². The van der Waals surface area contributed by atoms with E-state index >= 15 is 0 Å². The first-order valence-corrected chi connectivity index (χ1v) is 11.9. The van der Waals surface area contributed by atoms with Gasteiger partial charge in [0.1, 0.15) is 12.2 Å². The Morgan fingerprint density at radius 2 is 1.61 bits per heavy atom. The summed E-state index contributed by atoms with van der Waals surface area (Å²) in [5.74, 6) is -0.862. The maximum absolute atomic E-state index is 13.5. The zero-order valence-corrected chi connectivity index (χ0v) is 20.4. The van der Waals surface area contributed by atoms with Gasteiger partial charge in [0.25, 0.3) is 0 Å². The fraction of sp³-hybridized carbons (Fsp3) is 0.250. The SMILES string of the molecule is CC(C)(N)C(=O)N[C@H](Cc1cccc2ccccc12)C(=O)N[C@H](Cc1c[nH]c2ccccc12)NC=O.